The van der Waals surface area contributed by atoms with Gasteiger partial charge < -0.3 is 0 Å². The van der Waals surface area contributed by atoms with Crippen molar-refractivity contribution in [3.05, 3.63) is 47.9 Å². The van der Waals surface area contributed by atoms with E-state index in [1.54, 1.807) is 0 Å². The van der Waals surface area contributed by atoms with Crippen LogP contribution in [-0.2, 0) is 0 Å². The molecule has 3 rings (SSSR count). The Labute approximate surface area is 94.0 Å². The van der Waals surface area contributed by atoms with E-state index < -0.39 is 0 Å². The summed E-state index contributed by atoms with van der Waals surface area (Å²) in [4.78, 5) is 8.71. The Kier molecular flexibility index (Phi) is 1.90. The normalized spacial score (nSPS) is 11.1. The number of hydrogen-bond acceptors (Lipinski definition) is 2. The van der Waals surface area contributed by atoms with Gasteiger partial charge in [-0.15, -0.1) is 0 Å². The van der Waals surface area contributed by atoms with Crippen LogP contribution < -0.4 is 0 Å². The molecule has 3 aromatic rings. The predicted octanol–water partition coefficient (Wildman–Crippen LogP) is 3.40. The number of nitrogens with zero attached hydrogens (tertiary/aromatic N) is 2. The Bertz CT molecular complexity index is 626. The Morgan fingerprint density at radius 2 is 1.81 bits per heavy atom. The third-order valence-corrected chi connectivity index (χ3v) is 2.86. The van der Waals surface area contributed by atoms with Crippen molar-refractivity contribution in [1.29, 1.82) is 0 Å². The fraction of sp³-hybridized carbons (Fsp3) is 0.143. The van der Waals surface area contributed by atoms with Gasteiger partial charge in [-0.3, -0.25) is 0 Å². The molecule has 0 atom stereocenters. The summed E-state index contributed by atoms with van der Waals surface area (Å²) in [5.41, 5.74) is 2.30. The van der Waals surface area contributed by atoms with Crippen LogP contribution in [0.15, 0.2) is 36.5 Å². The molecule has 0 aliphatic rings. The van der Waals surface area contributed by atoms with Crippen molar-refractivity contribution in [3.63, 3.8) is 0 Å². The molecule has 0 spiro atoms. The van der Waals surface area contributed by atoms with Gasteiger partial charge in [0.15, 0.2) is 0 Å². The molecule has 1 aromatic heterocycles. The number of aromatic nitrogens is 2. The van der Waals surface area contributed by atoms with E-state index in [1.165, 1.54) is 16.3 Å². The van der Waals surface area contributed by atoms with E-state index in [0.29, 0.717) is 0 Å². The molecular weight excluding hydrogens is 196 g/mol. The second kappa shape index (κ2) is 3.27. The van der Waals surface area contributed by atoms with Gasteiger partial charge in [0.05, 0.1) is 5.52 Å². The molecule has 0 aliphatic heterocycles. The van der Waals surface area contributed by atoms with Gasteiger partial charge >= 0.3 is 0 Å². The van der Waals surface area contributed by atoms with E-state index in [0.717, 1.165) is 16.7 Å². The zero-order chi connectivity index (χ0) is 11.1. The third-order valence-electron chi connectivity index (χ3n) is 2.86. The van der Waals surface area contributed by atoms with Crippen LogP contribution in [-0.4, -0.2) is 9.97 Å². The number of fused-ring (bicyclic) bond motifs is 3. The maximum Gasteiger partial charge on any atom is 0.125 e. The Balaban J connectivity index is 2.50. The molecule has 0 amide bonds. The van der Waals surface area contributed by atoms with Crippen molar-refractivity contribution in [2.75, 3.05) is 0 Å². The van der Waals surface area contributed by atoms with Crippen LogP contribution in [0, 0.1) is 13.8 Å². The fourth-order valence-corrected chi connectivity index (χ4v) is 2.06. The van der Waals surface area contributed by atoms with Crippen molar-refractivity contribution in [1.82, 2.24) is 9.97 Å². The van der Waals surface area contributed by atoms with Crippen LogP contribution in [0.5, 0.6) is 0 Å². The molecule has 2 heteroatoms. The lowest BCUT2D eigenvalue weighted by molar-refractivity contribution is 1.09. The number of hydrogen-bond donors (Lipinski definition) is 0. The summed E-state index contributed by atoms with van der Waals surface area (Å²) in [5.74, 6) is 0.818. The highest BCUT2D eigenvalue weighted by Gasteiger charge is 2.02. The Hall–Kier alpha value is -1.96. The van der Waals surface area contributed by atoms with E-state index in [1.807, 2.05) is 13.1 Å². The van der Waals surface area contributed by atoms with Crippen molar-refractivity contribution in [3.8, 4) is 0 Å². The highest BCUT2D eigenvalue weighted by molar-refractivity contribution is 6.05. The Morgan fingerprint density at radius 1 is 0.938 bits per heavy atom. The molecular formula is C14H12N2. The zero-order valence-electron chi connectivity index (χ0n) is 9.36. The topological polar surface area (TPSA) is 25.8 Å². The molecule has 0 fully saturated rings. The highest BCUT2D eigenvalue weighted by Crippen LogP contribution is 2.24. The molecule has 0 radical (unpaired) electrons. The summed E-state index contributed by atoms with van der Waals surface area (Å²) in [7, 11) is 0. The molecule has 0 saturated heterocycles. The number of benzene rings is 2. The molecule has 0 saturated carbocycles. The summed E-state index contributed by atoms with van der Waals surface area (Å²) in [5, 5.41) is 3.60. The quantitative estimate of drug-likeness (QED) is 0.529. The lowest BCUT2D eigenvalue weighted by Crippen LogP contribution is -1.88. The van der Waals surface area contributed by atoms with Crippen LogP contribution in [0.2, 0.25) is 0 Å². The lowest BCUT2D eigenvalue weighted by Gasteiger charge is -2.04. The molecule has 16 heavy (non-hydrogen) atoms. The molecule has 0 unspecified atom stereocenters. The van der Waals surface area contributed by atoms with Crippen molar-refractivity contribution < 1.29 is 0 Å². The SMILES string of the molecule is Cc1ccc2c(ccc3nc(C)ncc32)c1. The molecule has 2 nitrogen and oxygen atoms in total. The minimum Gasteiger partial charge on any atom is -0.241 e. The van der Waals surface area contributed by atoms with E-state index >= 15 is 0 Å². The monoisotopic (exact) mass is 208 g/mol. The summed E-state index contributed by atoms with van der Waals surface area (Å²) in [6, 6.07) is 10.6. The van der Waals surface area contributed by atoms with Crippen LogP contribution in [0.25, 0.3) is 21.7 Å². The highest BCUT2D eigenvalue weighted by atomic mass is 14.9. The standard InChI is InChI=1S/C14H12N2/c1-9-3-5-12-11(7-9)4-6-14-13(12)8-15-10(2)16-14/h3-8H,1-2H3. The van der Waals surface area contributed by atoms with E-state index in [2.05, 4.69) is 47.2 Å². The summed E-state index contributed by atoms with van der Waals surface area (Å²) in [6.45, 7) is 4.02. The maximum absolute atomic E-state index is 4.44. The lowest BCUT2D eigenvalue weighted by atomic mass is 10.0. The van der Waals surface area contributed by atoms with Gasteiger partial charge in [-0.25, -0.2) is 9.97 Å². The summed E-state index contributed by atoms with van der Waals surface area (Å²) < 4.78 is 0. The van der Waals surface area contributed by atoms with Gasteiger partial charge in [0.1, 0.15) is 5.82 Å². The molecule has 78 valence electrons. The number of rotatable bonds is 0. The third kappa shape index (κ3) is 1.34. The molecule has 0 N–H and O–H groups in total. The van der Waals surface area contributed by atoms with Crippen molar-refractivity contribution >= 4 is 21.7 Å². The van der Waals surface area contributed by atoms with Gasteiger partial charge in [-0.05, 0) is 30.7 Å². The minimum atomic E-state index is 0.818. The van der Waals surface area contributed by atoms with Crippen molar-refractivity contribution in [2.45, 2.75) is 13.8 Å². The second-order valence-corrected chi connectivity index (χ2v) is 4.14. The summed E-state index contributed by atoms with van der Waals surface area (Å²) in [6.07, 6.45) is 1.91. The molecule has 0 aliphatic carbocycles. The molecule has 0 bridgehead atoms. The summed E-state index contributed by atoms with van der Waals surface area (Å²) >= 11 is 0. The van der Waals surface area contributed by atoms with Gasteiger partial charge in [-0.2, -0.15) is 0 Å². The predicted molar refractivity (Wildman–Crippen MR) is 66.5 cm³/mol. The maximum atomic E-state index is 4.44. The average molecular weight is 208 g/mol. The van der Waals surface area contributed by atoms with Gasteiger partial charge in [0, 0.05) is 11.6 Å². The van der Waals surface area contributed by atoms with Crippen molar-refractivity contribution in [2.24, 2.45) is 0 Å². The zero-order valence-corrected chi connectivity index (χ0v) is 9.36. The Morgan fingerprint density at radius 3 is 2.69 bits per heavy atom. The van der Waals surface area contributed by atoms with Crippen LogP contribution in [0.1, 0.15) is 11.4 Å². The second-order valence-electron chi connectivity index (χ2n) is 4.14. The minimum absolute atomic E-state index is 0.818. The smallest absolute Gasteiger partial charge is 0.125 e. The van der Waals surface area contributed by atoms with E-state index in [-0.39, 0.29) is 0 Å². The van der Waals surface area contributed by atoms with Crippen LogP contribution >= 0.6 is 0 Å². The largest absolute Gasteiger partial charge is 0.241 e. The fourth-order valence-electron chi connectivity index (χ4n) is 2.06. The van der Waals surface area contributed by atoms with E-state index in [4.69, 9.17) is 0 Å². The molecule has 1 heterocycles. The number of aryl methyl sites for hydroxylation is 2. The first-order valence-corrected chi connectivity index (χ1v) is 5.37. The van der Waals surface area contributed by atoms with Gasteiger partial charge in [-0.1, -0.05) is 29.8 Å². The average Bonchev–Trinajstić information content (AvgIpc) is 2.28. The van der Waals surface area contributed by atoms with Gasteiger partial charge in [0.2, 0.25) is 0 Å². The first kappa shape index (κ1) is 9.28. The van der Waals surface area contributed by atoms with E-state index in [9.17, 15) is 0 Å². The van der Waals surface area contributed by atoms with Crippen LogP contribution in [0.3, 0.4) is 0 Å². The van der Waals surface area contributed by atoms with Crippen LogP contribution in [0.4, 0.5) is 0 Å². The first-order chi connectivity index (χ1) is 7.74. The first-order valence-electron chi connectivity index (χ1n) is 5.37. The van der Waals surface area contributed by atoms with Gasteiger partial charge in [0.25, 0.3) is 0 Å². The molecule has 2 aromatic carbocycles.